The van der Waals surface area contributed by atoms with Crippen molar-refractivity contribution >= 4 is 39.9 Å². The molecule has 4 aromatic carbocycles. The van der Waals surface area contributed by atoms with Crippen molar-refractivity contribution in [1.29, 1.82) is 0 Å². The van der Waals surface area contributed by atoms with Gasteiger partial charge < -0.3 is 14.2 Å². The Balaban J connectivity index is 1.98. The first-order valence-electron chi connectivity index (χ1n) is 8.83. The standard InChI is InChI=1S/C21H21O4P/c1-3-24-26(23,25-4-2)13-16-9-8-15-12-19(22)18-7-5-6-14-10-11-17(16)21(15)20(14)18/h5-12,22H,3-4,13H2,1-2H3. The highest BCUT2D eigenvalue weighted by atomic mass is 31.2. The molecule has 1 N–H and O–H groups in total. The summed E-state index contributed by atoms with van der Waals surface area (Å²) < 4.78 is 24.0. The fraction of sp³-hybridized carbons (Fsp3) is 0.238. The van der Waals surface area contributed by atoms with Gasteiger partial charge in [-0.25, -0.2) is 0 Å². The number of hydrogen-bond acceptors (Lipinski definition) is 4. The number of hydrogen-bond donors (Lipinski definition) is 1. The maximum absolute atomic E-state index is 13.0. The molecule has 4 rings (SSSR count). The van der Waals surface area contributed by atoms with Gasteiger partial charge in [0.25, 0.3) is 0 Å². The first-order valence-corrected chi connectivity index (χ1v) is 10.6. The van der Waals surface area contributed by atoms with Crippen LogP contribution in [0.2, 0.25) is 0 Å². The van der Waals surface area contributed by atoms with Crippen LogP contribution in [0.5, 0.6) is 5.75 Å². The van der Waals surface area contributed by atoms with Gasteiger partial charge in [-0.05, 0) is 47.0 Å². The molecule has 0 aliphatic carbocycles. The smallest absolute Gasteiger partial charge is 0.335 e. The van der Waals surface area contributed by atoms with E-state index < -0.39 is 7.60 Å². The molecular formula is C21H21O4P. The van der Waals surface area contributed by atoms with E-state index in [2.05, 4.69) is 6.07 Å². The molecule has 4 aromatic rings. The number of benzene rings is 4. The normalized spacial score (nSPS) is 12.5. The highest BCUT2D eigenvalue weighted by molar-refractivity contribution is 7.53. The minimum atomic E-state index is -3.19. The van der Waals surface area contributed by atoms with E-state index in [1.165, 1.54) is 0 Å². The Bertz CT molecular complexity index is 1130. The summed E-state index contributed by atoms with van der Waals surface area (Å²) in [4.78, 5) is 0. The monoisotopic (exact) mass is 368 g/mol. The Hall–Kier alpha value is -2.13. The van der Waals surface area contributed by atoms with Crippen LogP contribution in [0.3, 0.4) is 0 Å². The lowest BCUT2D eigenvalue weighted by Gasteiger charge is -2.19. The molecule has 134 valence electrons. The molecule has 0 saturated carbocycles. The highest BCUT2D eigenvalue weighted by Crippen LogP contribution is 2.52. The number of aromatic hydroxyl groups is 1. The summed E-state index contributed by atoms with van der Waals surface area (Å²) in [6.07, 6.45) is 0.231. The van der Waals surface area contributed by atoms with Crippen molar-refractivity contribution < 1.29 is 18.7 Å². The zero-order valence-electron chi connectivity index (χ0n) is 14.9. The van der Waals surface area contributed by atoms with Crippen LogP contribution in [0.15, 0.2) is 48.5 Å². The summed E-state index contributed by atoms with van der Waals surface area (Å²) in [5, 5.41) is 16.4. The van der Waals surface area contributed by atoms with Crippen LogP contribution in [0, 0.1) is 0 Å². The molecule has 0 heterocycles. The number of phenols is 1. The zero-order valence-corrected chi connectivity index (χ0v) is 15.8. The Morgan fingerprint density at radius 3 is 2.31 bits per heavy atom. The minimum absolute atomic E-state index is 0.231. The SMILES string of the molecule is CCOP(=O)(Cc1ccc2cc(O)c3cccc4ccc1c2c43)OCC. The molecule has 5 heteroatoms. The van der Waals surface area contributed by atoms with E-state index in [0.29, 0.717) is 13.2 Å². The average molecular weight is 368 g/mol. The zero-order chi connectivity index (χ0) is 18.3. The lowest BCUT2D eigenvalue weighted by atomic mass is 9.92. The van der Waals surface area contributed by atoms with Gasteiger partial charge in [-0.1, -0.05) is 42.5 Å². The van der Waals surface area contributed by atoms with E-state index in [0.717, 1.165) is 37.9 Å². The Labute approximate surface area is 152 Å². The van der Waals surface area contributed by atoms with Crippen molar-refractivity contribution in [1.82, 2.24) is 0 Å². The van der Waals surface area contributed by atoms with Gasteiger partial charge >= 0.3 is 7.60 Å². The topological polar surface area (TPSA) is 55.8 Å². The van der Waals surface area contributed by atoms with Crippen LogP contribution in [0.25, 0.3) is 32.3 Å². The molecule has 0 saturated heterocycles. The first-order chi connectivity index (χ1) is 12.6. The third-order valence-corrected chi connectivity index (χ3v) is 6.76. The molecule has 4 nitrogen and oxygen atoms in total. The van der Waals surface area contributed by atoms with Gasteiger partial charge in [0.05, 0.1) is 19.4 Å². The van der Waals surface area contributed by atoms with E-state index in [4.69, 9.17) is 9.05 Å². The fourth-order valence-corrected chi connectivity index (χ4v) is 5.47. The Kier molecular flexibility index (Phi) is 4.36. The van der Waals surface area contributed by atoms with Gasteiger partial charge in [0.1, 0.15) is 5.75 Å². The van der Waals surface area contributed by atoms with Crippen LogP contribution >= 0.6 is 7.60 Å². The third kappa shape index (κ3) is 2.75. The fourth-order valence-electron chi connectivity index (χ4n) is 3.74. The summed E-state index contributed by atoms with van der Waals surface area (Å²) in [5.41, 5.74) is 0.931. The number of rotatable bonds is 6. The third-order valence-electron chi connectivity index (χ3n) is 4.73. The molecular weight excluding hydrogens is 347 g/mol. The Morgan fingerprint density at radius 1 is 0.885 bits per heavy atom. The van der Waals surface area contributed by atoms with Crippen molar-refractivity contribution in [2.24, 2.45) is 0 Å². The molecule has 0 spiro atoms. The second kappa shape index (κ2) is 6.55. The molecule has 0 amide bonds. The lowest BCUT2D eigenvalue weighted by molar-refractivity contribution is 0.219. The van der Waals surface area contributed by atoms with Crippen molar-refractivity contribution in [2.45, 2.75) is 20.0 Å². The molecule has 26 heavy (non-hydrogen) atoms. The van der Waals surface area contributed by atoms with Crippen molar-refractivity contribution in [3.63, 3.8) is 0 Å². The summed E-state index contributed by atoms with van der Waals surface area (Å²) >= 11 is 0. The van der Waals surface area contributed by atoms with Gasteiger partial charge in [0, 0.05) is 10.8 Å². The van der Waals surface area contributed by atoms with Gasteiger partial charge in [0.15, 0.2) is 0 Å². The van der Waals surface area contributed by atoms with Crippen LogP contribution < -0.4 is 0 Å². The molecule has 0 unspecified atom stereocenters. The van der Waals surface area contributed by atoms with E-state index in [1.54, 1.807) is 6.07 Å². The molecule has 0 aliphatic rings. The Morgan fingerprint density at radius 2 is 1.58 bits per heavy atom. The second-order valence-electron chi connectivity index (χ2n) is 6.34. The van der Waals surface area contributed by atoms with Crippen molar-refractivity contribution in [3.8, 4) is 5.75 Å². The summed E-state index contributed by atoms with van der Waals surface area (Å²) in [7, 11) is -3.19. The molecule has 0 radical (unpaired) electrons. The van der Waals surface area contributed by atoms with E-state index in [-0.39, 0.29) is 11.9 Å². The molecule has 0 aliphatic heterocycles. The second-order valence-corrected chi connectivity index (χ2v) is 8.39. The summed E-state index contributed by atoms with van der Waals surface area (Å²) in [5.74, 6) is 0.276. The predicted molar refractivity (Wildman–Crippen MR) is 106 cm³/mol. The van der Waals surface area contributed by atoms with Crippen LogP contribution in [0.4, 0.5) is 0 Å². The maximum atomic E-state index is 13.0. The van der Waals surface area contributed by atoms with E-state index >= 15 is 0 Å². The number of phenolic OH excluding ortho intramolecular Hbond substituents is 1. The molecule has 0 bridgehead atoms. The predicted octanol–water partition coefficient (Wildman–Crippen LogP) is 6.06. The largest absolute Gasteiger partial charge is 0.507 e. The van der Waals surface area contributed by atoms with E-state index in [1.807, 2.05) is 50.2 Å². The highest BCUT2D eigenvalue weighted by Gasteiger charge is 2.25. The molecule has 0 aromatic heterocycles. The minimum Gasteiger partial charge on any atom is -0.507 e. The average Bonchev–Trinajstić information content (AvgIpc) is 2.62. The van der Waals surface area contributed by atoms with Crippen LogP contribution in [-0.4, -0.2) is 18.3 Å². The molecule has 0 atom stereocenters. The first kappa shape index (κ1) is 17.3. The van der Waals surface area contributed by atoms with Crippen LogP contribution in [0.1, 0.15) is 19.4 Å². The quantitative estimate of drug-likeness (QED) is 0.332. The maximum Gasteiger partial charge on any atom is 0.335 e. The van der Waals surface area contributed by atoms with Gasteiger partial charge in [-0.3, -0.25) is 4.57 Å². The molecule has 0 fully saturated rings. The summed E-state index contributed by atoms with van der Waals surface area (Å²) in [6.45, 7) is 4.32. The van der Waals surface area contributed by atoms with Crippen molar-refractivity contribution in [2.75, 3.05) is 13.2 Å². The summed E-state index contributed by atoms with van der Waals surface area (Å²) in [6, 6.07) is 15.7. The van der Waals surface area contributed by atoms with Gasteiger partial charge in [-0.15, -0.1) is 0 Å². The van der Waals surface area contributed by atoms with Gasteiger partial charge in [-0.2, -0.15) is 0 Å². The van der Waals surface area contributed by atoms with Crippen molar-refractivity contribution in [3.05, 3.63) is 54.1 Å². The van der Waals surface area contributed by atoms with Gasteiger partial charge in [0.2, 0.25) is 0 Å². The van der Waals surface area contributed by atoms with E-state index in [9.17, 15) is 9.67 Å². The van der Waals surface area contributed by atoms with Crippen LogP contribution in [-0.2, 0) is 19.8 Å². The lowest BCUT2D eigenvalue weighted by Crippen LogP contribution is -2.00.